The molecule has 1 aliphatic rings. The molecular weight excluding hydrogens is 212 g/mol. The smallest absolute Gasteiger partial charge is 0.228 e. The highest BCUT2D eigenvalue weighted by molar-refractivity contribution is 6.00. The van der Waals surface area contributed by atoms with Gasteiger partial charge in [-0.25, -0.2) is 0 Å². The van der Waals surface area contributed by atoms with Crippen LogP contribution in [-0.4, -0.2) is 5.91 Å². The second kappa shape index (κ2) is 4.49. The van der Waals surface area contributed by atoms with Crippen LogP contribution in [0.4, 0.5) is 5.69 Å². The summed E-state index contributed by atoms with van der Waals surface area (Å²) in [6.07, 6.45) is 1.41. The summed E-state index contributed by atoms with van der Waals surface area (Å²) in [6, 6.07) is 4.26. The molecule has 1 aromatic rings. The highest BCUT2D eigenvalue weighted by Crippen LogP contribution is 2.32. The summed E-state index contributed by atoms with van der Waals surface area (Å²) in [5.41, 5.74) is 10.6. The average molecular weight is 232 g/mol. The first-order valence-electron chi connectivity index (χ1n) is 6.24. The zero-order chi connectivity index (χ0) is 12.6. The Morgan fingerprint density at radius 1 is 1.41 bits per heavy atom. The lowest BCUT2D eigenvalue weighted by Gasteiger charge is -2.18. The van der Waals surface area contributed by atoms with E-state index in [-0.39, 0.29) is 11.9 Å². The normalized spacial score (nSPS) is 15.9. The molecule has 0 saturated heterocycles. The van der Waals surface area contributed by atoms with Crippen molar-refractivity contribution in [3.63, 3.8) is 0 Å². The minimum atomic E-state index is 0.0429. The van der Waals surface area contributed by atoms with Crippen molar-refractivity contribution in [1.82, 2.24) is 0 Å². The van der Waals surface area contributed by atoms with Crippen LogP contribution in [0, 0.1) is 5.92 Å². The Kier molecular flexibility index (Phi) is 3.20. The van der Waals surface area contributed by atoms with E-state index in [1.54, 1.807) is 0 Å². The molecule has 1 unspecified atom stereocenters. The van der Waals surface area contributed by atoms with Crippen molar-refractivity contribution in [3.8, 4) is 0 Å². The lowest BCUT2D eigenvalue weighted by atomic mass is 9.92. The SMILES string of the molecule is CCc1cc(C(N)C(C)C)cc2c1NC(=O)C2. The molecule has 2 rings (SSSR count). The zero-order valence-electron chi connectivity index (χ0n) is 10.7. The molecule has 1 aliphatic heterocycles. The van der Waals surface area contributed by atoms with Gasteiger partial charge in [-0.05, 0) is 29.0 Å². The maximum Gasteiger partial charge on any atom is 0.228 e. The van der Waals surface area contributed by atoms with E-state index in [1.165, 1.54) is 5.56 Å². The van der Waals surface area contributed by atoms with Crippen molar-refractivity contribution < 1.29 is 4.79 Å². The largest absolute Gasteiger partial charge is 0.325 e. The van der Waals surface area contributed by atoms with Gasteiger partial charge in [-0.2, -0.15) is 0 Å². The molecule has 1 heterocycles. The van der Waals surface area contributed by atoms with E-state index >= 15 is 0 Å². The van der Waals surface area contributed by atoms with Crippen LogP contribution in [0.5, 0.6) is 0 Å². The Bertz CT molecular complexity index is 452. The number of nitrogens with two attached hydrogens (primary N) is 1. The second-order valence-electron chi connectivity index (χ2n) is 5.06. The third-order valence-corrected chi connectivity index (χ3v) is 3.42. The molecule has 0 saturated carbocycles. The standard InChI is InChI=1S/C14H20N2O/c1-4-9-5-10(13(15)8(2)3)6-11-7-12(17)16-14(9)11/h5-6,8,13H,4,7,15H2,1-3H3,(H,16,17). The number of nitrogens with one attached hydrogen (secondary N) is 1. The summed E-state index contributed by atoms with van der Waals surface area (Å²) in [7, 11) is 0. The molecular formula is C14H20N2O. The van der Waals surface area contributed by atoms with Crippen LogP contribution in [0.3, 0.4) is 0 Å². The van der Waals surface area contributed by atoms with Crippen molar-refractivity contribution in [2.75, 3.05) is 5.32 Å². The van der Waals surface area contributed by atoms with Crippen LogP contribution in [-0.2, 0) is 17.6 Å². The lowest BCUT2D eigenvalue weighted by molar-refractivity contribution is -0.115. The third-order valence-electron chi connectivity index (χ3n) is 3.42. The minimum Gasteiger partial charge on any atom is -0.325 e. The van der Waals surface area contributed by atoms with E-state index in [9.17, 15) is 4.79 Å². The summed E-state index contributed by atoms with van der Waals surface area (Å²) >= 11 is 0. The summed E-state index contributed by atoms with van der Waals surface area (Å²) in [5, 5.41) is 2.93. The topological polar surface area (TPSA) is 55.1 Å². The Hall–Kier alpha value is -1.35. The molecule has 0 aliphatic carbocycles. The van der Waals surface area contributed by atoms with E-state index in [1.807, 2.05) is 0 Å². The molecule has 0 radical (unpaired) electrons. The van der Waals surface area contributed by atoms with Crippen LogP contribution in [0.25, 0.3) is 0 Å². The molecule has 92 valence electrons. The summed E-state index contributed by atoms with van der Waals surface area (Å²) in [4.78, 5) is 11.4. The number of anilines is 1. The molecule has 17 heavy (non-hydrogen) atoms. The fourth-order valence-corrected chi connectivity index (χ4v) is 2.31. The molecule has 3 nitrogen and oxygen atoms in total. The van der Waals surface area contributed by atoms with E-state index in [0.717, 1.165) is 23.2 Å². The Morgan fingerprint density at radius 3 is 2.71 bits per heavy atom. The zero-order valence-corrected chi connectivity index (χ0v) is 10.7. The highest BCUT2D eigenvalue weighted by Gasteiger charge is 2.22. The van der Waals surface area contributed by atoms with E-state index < -0.39 is 0 Å². The number of amides is 1. The number of hydrogen-bond acceptors (Lipinski definition) is 2. The fourth-order valence-electron chi connectivity index (χ4n) is 2.31. The van der Waals surface area contributed by atoms with Crippen LogP contribution >= 0.6 is 0 Å². The quantitative estimate of drug-likeness (QED) is 0.840. The highest BCUT2D eigenvalue weighted by atomic mass is 16.1. The Balaban J connectivity index is 2.45. The van der Waals surface area contributed by atoms with Gasteiger partial charge in [0.15, 0.2) is 0 Å². The van der Waals surface area contributed by atoms with Gasteiger partial charge in [-0.1, -0.05) is 32.9 Å². The number of benzene rings is 1. The number of rotatable bonds is 3. The van der Waals surface area contributed by atoms with E-state index in [0.29, 0.717) is 12.3 Å². The maximum atomic E-state index is 11.4. The van der Waals surface area contributed by atoms with Gasteiger partial charge in [-0.15, -0.1) is 0 Å². The molecule has 1 atom stereocenters. The molecule has 1 amide bonds. The first-order chi connectivity index (χ1) is 8.02. The Labute approximate surface area is 102 Å². The molecule has 0 bridgehead atoms. The fraction of sp³-hybridized carbons (Fsp3) is 0.500. The van der Waals surface area contributed by atoms with E-state index in [4.69, 9.17) is 5.73 Å². The van der Waals surface area contributed by atoms with Gasteiger partial charge in [0.25, 0.3) is 0 Å². The van der Waals surface area contributed by atoms with Gasteiger partial charge < -0.3 is 11.1 Å². The van der Waals surface area contributed by atoms with Gasteiger partial charge in [0.1, 0.15) is 0 Å². The van der Waals surface area contributed by atoms with Gasteiger partial charge in [-0.3, -0.25) is 4.79 Å². The first-order valence-corrected chi connectivity index (χ1v) is 6.24. The molecule has 3 N–H and O–H groups in total. The molecule has 0 aromatic heterocycles. The number of carbonyl (C=O) groups excluding carboxylic acids is 1. The van der Waals surface area contributed by atoms with Crippen LogP contribution in [0.1, 0.15) is 43.5 Å². The lowest BCUT2D eigenvalue weighted by Crippen LogP contribution is -2.17. The molecule has 3 heteroatoms. The second-order valence-corrected chi connectivity index (χ2v) is 5.06. The van der Waals surface area contributed by atoms with E-state index in [2.05, 4.69) is 38.2 Å². The molecule has 0 fully saturated rings. The Morgan fingerprint density at radius 2 is 2.12 bits per heavy atom. The van der Waals surface area contributed by atoms with Crippen molar-refractivity contribution in [2.24, 2.45) is 11.7 Å². The van der Waals surface area contributed by atoms with Crippen LogP contribution in [0.2, 0.25) is 0 Å². The van der Waals surface area contributed by atoms with Crippen molar-refractivity contribution in [3.05, 3.63) is 28.8 Å². The van der Waals surface area contributed by atoms with Gasteiger partial charge in [0.05, 0.1) is 6.42 Å². The summed E-state index contributed by atoms with van der Waals surface area (Å²) in [5.74, 6) is 0.493. The molecule has 1 aromatic carbocycles. The van der Waals surface area contributed by atoms with Crippen molar-refractivity contribution in [1.29, 1.82) is 0 Å². The number of carbonyl (C=O) groups is 1. The maximum absolute atomic E-state index is 11.4. The monoisotopic (exact) mass is 232 g/mol. The molecule has 0 spiro atoms. The third kappa shape index (κ3) is 2.20. The predicted octanol–water partition coefficient (Wildman–Crippen LogP) is 2.40. The summed E-state index contributed by atoms with van der Waals surface area (Å²) in [6.45, 7) is 6.34. The predicted molar refractivity (Wildman–Crippen MR) is 69.9 cm³/mol. The van der Waals surface area contributed by atoms with Gasteiger partial charge in [0.2, 0.25) is 5.91 Å². The number of hydrogen-bond donors (Lipinski definition) is 2. The van der Waals surface area contributed by atoms with Gasteiger partial charge >= 0.3 is 0 Å². The van der Waals surface area contributed by atoms with Gasteiger partial charge in [0, 0.05) is 11.7 Å². The van der Waals surface area contributed by atoms with Crippen molar-refractivity contribution in [2.45, 2.75) is 39.7 Å². The average Bonchev–Trinajstić information content (AvgIpc) is 2.66. The first kappa shape index (κ1) is 12.1. The number of fused-ring (bicyclic) bond motifs is 1. The van der Waals surface area contributed by atoms with Crippen LogP contribution in [0.15, 0.2) is 12.1 Å². The van der Waals surface area contributed by atoms with Crippen molar-refractivity contribution >= 4 is 11.6 Å². The van der Waals surface area contributed by atoms with Crippen LogP contribution < -0.4 is 11.1 Å². The minimum absolute atomic E-state index is 0.0429. The number of aryl methyl sites for hydroxylation is 1. The summed E-state index contributed by atoms with van der Waals surface area (Å²) < 4.78 is 0.